The highest BCUT2D eigenvalue weighted by Crippen LogP contribution is 2.05. The highest BCUT2D eigenvalue weighted by Gasteiger charge is 2.08. The lowest BCUT2D eigenvalue weighted by Gasteiger charge is -2.22. The quantitative estimate of drug-likeness (QED) is 0.225. The van der Waals surface area contributed by atoms with Crippen molar-refractivity contribution in [3.63, 3.8) is 0 Å². The number of aliphatic imine (C=N–C) groups is 1. The van der Waals surface area contributed by atoms with E-state index in [1.807, 2.05) is 30.6 Å². The normalized spacial score (nSPS) is 11.2. The number of furan rings is 1. The van der Waals surface area contributed by atoms with Gasteiger partial charge in [-0.1, -0.05) is 0 Å². The summed E-state index contributed by atoms with van der Waals surface area (Å²) in [5, 5.41) is 6.60. The molecule has 2 aromatic rings. The van der Waals surface area contributed by atoms with E-state index in [0.29, 0.717) is 0 Å². The zero-order valence-electron chi connectivity index (χ0n) is 15.5. The molecule has 2 aromatic heterocycles. The van der Waals surface area contributed by atoms with E-state index in [9.17, 15) is 0 Å². The van der Waals surface area contributed by atoms with Gasteiger partial charge in [-0.3, -0.25) is 4.99 Å². The van der Waals surface area contributed by atoms with Crippen molar-refractivity contribution in [3.8, 4) is 0 Å². The molecule has 0 saturated heterocycles. The molecular weight excluding hydrogens is 463 g/mol. The summed E-state index contributed by atoms with van der Waals surface area (Å²) < 4.78 is 10.8. The Bertz CT molecular complexity index is 590. The minimum absolute atomic E-state index is 0. The second-order valence-corrected chi connectivity index (χ2v) is 6.59. The second-order valence-electron chi connectivity index (χ2n) is 5.61. The van der Waals surface area contributed by atoms with Crippen molar-refractivity contribution in [2.45, 2.75) is 26.2 Å². The van der Waals surface area contributed by atoms with Gasteiger partial charge in [0.05, 0.1) is 11.3 Å². The summed E-state index contributed by atoms with van der Waals surface area (Å²) in [6, 6.07) is 3.91. The summed E-state index contributed by atoms with van der Waals surface area (Å²) in [6.07, 6.45) is 6.25. The Morgan fingerprint density at radius 2 is 2.31 bits per heavy atom. The van der Waals surface area contributed by atoms with Crippen LogP contribution in [0.5, 0.6) is 0 Å². The molecule has 0 aliphatic rings. The molecule has 0 unspecified atom stereocenters. The van der Waals surface area contributed by atoms with Gasteiger partial charge in [0.1, 0.15) is 5.76 Å². The standard InChI is InChI=1S/C18H28N4O2S.HI/c1-3-23-13-5-9-20-18(21-10-7-16-6-4-14-24-16)22(2)12-8-17-19-11-15-25-17;/h4,6,11,14-15H,3,5,7-10,12-13H2,1-2H3,(H,20,21);1H. The summed E-state index contributed by atoms with van der Waals surface area (Å²) in [5.41, 5.74) is 0. The lowest BCUT2D eigenvalue weighted by molar-refractivity contribution is 0.146. The van der Waals surface area contributed by atoms with E-state index >= 15 is 0 Å². The minimum atomic E-state index is 0. The Labute approximate surface area is 177 Å². The highest BCUT2D eigenvalue weighted by atomic mass is 127. The molecule has 0 aromatic carbocycles. The van der Waals surface area contributed by atoms with Crippen LogP contribution in [0.4, 0.5) is 0 Å². The Morgan fingerprint density at radius 3 is 3.00 bits per heavy atom. The summed E-state index contributed by atoms with van der Waals surface area (Å²) in [7, 11) is 2.06. The molecule has 6 nitrogen and oxygen atoms in total. The first-order valence-electron chi connectivity index (χ1n) is 8.77. The number of thiazole rings is 1. The van der Waals surface area contributed by atoms with Crippen LogP contribution in [0.25, 0.3) is 0 Å². The third kappa shape index (κ3) is 9.00. The Balaban J connectivity index is 0.00000338. The van der Waals surface area contributed by atoms with Crippen LogP contribution in [-0.2, 0) is 17.6 Å². The fraction of sp³-hybridized carbons (Fsp3) is 0.556. The summed E-state index contributed by atoms with van der Waals surface area (Å²) in [4.78, 5) is 11.2. The molecular formula is C18H29IN4O2S. The zero-order valence-corrected chi connectivity index (χ0v) is 18.7. The monoisotopic (exact) mass is 492 g/mol. The van der Waals surface area contributed by atoms with Crippen LogP contribution in [0.3, 0.4) is 0 Å². The molecule has 2 rings (SSSR count). The SMILES string of the molecule is CCOCCCN=C(NCCc1ccco1)N(C)CCc1nccs1.I. The van der Waals surface area contributed by atoms with Crippen LogP contribution < -0.4 is 5.32 Å². The number of ether oxygens (including phenoxy) is 1. The molecule has 0 saturated carbocycles. The molecule has 2 heterocycles. The number of nitrogens with one attached hydrogen (secondary N) is 1. The van der Waals surface area contributed by atoms with Gasteiger partial charge in [-0.05, 0) is 25.5 Å². The van der Waals surface area contributed by atoms with Gasteiger partial charge in [0, 0.05) is 64.3 Å². The number of likely N-dealkylation sites (N-methyl/N-ethyl adjacent to an activating group) is 1. The fourth-order valence-corrected chi connectivity index (χ4v) is 2.92. The molecule has 0 atom stereocenters. The van der Waals surface area contributed by atoms with E-state index in [0.717, 1.165) is 68.8 Å². The largest absolute Gasteiger partial charge is 0.469 e. The molecule has 0 aliphatic heterocycles. The van der Waals surface area contributed by atoms with Crippen LogP contribution in [-0.4, -0.2) is 55.7 Å². The number of guanidine groups is 1. The third-order valence-electron chi connectivity index (χ3n) is 3.65. The van der Waals surface area contributed by atoms with E-state index in [1.165, 1.54) is 0 Å². The molecule has 0 amide bonds. The maximum atomic E-state index is 5.38. The van der Waals surface area contributed by atoms with E-state index < -0.39 is 0 Å². The van der Waals surface area contributed by atoms with Crippen LogP contribution in [0.15, 0.2) is 39.4 Å². The molecule has 0 bridgehead atoms. The Kier molecular flexibility index (Phi) is 12.3. The Hall–Kier alpha value is -1.13. The van der Waals surface area contributed by atoms with Crippen molar-refractivity contribution < 1.29 is 9.15 Å². The lowest BCUT2D eigenvalue weighted by Crippen LogP contribution is -2.41. The first kappa shape index (κ1) is 22.9. The smallest absolute Gasteiger partial charge is 0.193 e. The average Bonchev–Trinajstić information content (AvgIpc) is 3.31. The van der Waals surface area contributed by atoms with Crippen LogP contribution in [0, 0.1) is 0 Å². The van der Waals surface area contributed by atoms with E-state index in [-0.39, 0.29) is 24.0 Å². The molecule has 1 N–H and O–H groups in total. The number of hydrogen-bond donors (Lipinski definition) is 1. The van der Waals surface area contributed by atoms with Crippen LogP contribution in [0.2, 0.25) is 0 Å². The van der Waals surface area contributed by atoms with Crippen molar-refractivity contribution in [2.75, 3.05) is 39.9 Å². The van der Waals surface area contributed by atoms with Crippen molar-refractivity contribution in [1.29, 1.82) is 0 Å². The van der Waals surface area contributed by atoms with Crippen molar-refractivity contribution >= 4 is 41.3 Å². The second kappa shape index (κ2) is 14.0. The molecule has 0 fully saturated rings. The summed E-state index contributed by atoms with van der Waals surface area (Å²) in [6.45, 7) is 5.95. The summed E-state index contributed by atoms with van der Waals surface area (Å²) in [5.74, 6) is 1.90. The number of nitrogens with zero attached hydrogens (tertiary/aromatic N) is 3. The molecule has 0 spiro atoms. The zero-order chi connectivity index (χ0) is 17.7. The van der Waals surface area contributed by atoms with Crippen molar-refractivity contribution in [2.24, 2.45) is 4.99 Å². The maximum absolute atomic E-state index is 5.38. The number of hydrogen-bond acceptors (Lipinski definition) is 5. The lowest BCUT2D eigenvalue weighted by atomic mass is 10.3. The van der Waals surface area contributed by atoms with Gasteiger partial charge in [0.15, 0.2) is 5.96 Å². The van der Waals surface area contributed by atoms with Crippen molar-refractivity contribution in [3.05, 3.63) is 40.7 Å². The minimum Gasteiger partial charge on any atom is -0.469 e. The van der Waals surface area contributed by atoms with Crippen molar-refractivity contribution in [1.82, 2.24) is 15.2 Å². The number of aromatic nitrogens is 1. The highest BCUT2D eigenvalue weighted by molar-refractivity contribution is 14.0. The predicted molar refractivity (Wildman–Crippen MR) is 118 cm³/mol. The van der Waals surface area contributed by atoms with Gasteiger partial charge in [0.2, 0.25) is 0 Å². The number of rotatable bonds is 11. The third-order valence-corrected chi connectivity index (χ3v) is 4.49. The first-order chi connectivity index (χ1) is 12.3. The van der Waals surface area contributed by atoms with Crippen LogP contribution in [0.1, 0.15) is 24.1 Å². The first-order valence-corrected chi connectivity index (χ1v) is 9.65. The molecule has 146 valence electrons. The van der Waals surface area contributed by atoms with Gasteiger partial charge in [-0.2, -0.15) is 0 Å². The average molecular weight is 492 g/mol. The van der Waals surface area contributed by atoms with Gasteiger partial charge < -0.3 is 19.4 Å². The van der Waals surface area contributed by atoms with Gasteiger partial charge in [-0.15, -0.1) is 35.3 Å². The Morgan fingerprint density at radius 1 is 1.42 bits per heavy atom. The molecule has 0 aliphatic carbocycles. The molecule has 8 heteroatoms. The van der Waals surface area contributed by atoms with E-state index in [1.54, 1.807) is 17.6 Å². The topological polar surface area (TPSA) is 62.9 Å². The molecule has 26 heavy (non-hydrogen) atoms. The van der Waals surface area contributed by atoms with Gasteiger partial charge in [-0.25, -0.2) is 4.98 Å². The maximum Gasteiger partial charge on any atom is 0.193 e. The van der Waals surface area contributed by atoms with E-state index in [4.69, 9.17) is 14.1 Å². The number of halogens is 1. The summed E-state index contributed by atoms with van der Waals surface area (Å²) >= 11 is 1.69. The fourth-order valence-electron chi connectivity index (χ4n) is 2.31. The van der Waals surface area contributed by atoms with Crippen LogP contribution >= 0.6 is 35.3 Å². The predicted octanol–water partition coefficient (Wildman–Crippen LogP) is 3.44. The van der Waals surface area contributed by atoms with Gasteiger partial charge in [0.25, 0.3) is 0 Å². The molecule has 0 radical (unpaired) electrons. The van der Waals surface area contributed by atoms with Gasteiger partial charge >= 0.3 is 0 Å². The van der Waals surface area contributed by atoms with E-state index in [2.05, 4.69) is 22.2 Å².